The molecule has 0 aromatic heterocycles. The van der Waals surface area contributed by atoms with Gasteiger partial charge < -0.3 is 21.7 Å². The fraction of sp³-hybridized carbons (Fsp3) is 0.750. The zero-order valence-electron chi connectivity index (χ0n) is 16.0. The third-order valence-electron chi connectivity index (χ3n) is 4.09. The zero-order chi connectivity index (χ0) is 20.4. The Labute approximate surface area is 158 Å². The van der Waals surface area contributed by atoms with Crippen LogP contribution in [0.2, 0.25) is 0 Å². The minimum atomic E-state index is -0.918. The van der Waals surface area contributed by atoms with E-state index in [-0.39, 0.29) is 24.7 Å². The standard InChI is InChI=1S/C16H29N7O4/c1-4-19-23-20-9-12(25)21-13(10(2)3)14(26)22-16(8-11(16)24)6-5-7-18-15(17)27/h10,13H,4-9H2,1-3H3,(H,19,20)(H,21,25)(H,22,26)(H3,17,18,27)/t13-,16+/m0/s1. The van der Waals surface area contributed by atoms with Crippen LogP contribution in [0, 0.1) is 5.92 Å². The van der Waals surface area contributed by atoms with Gasteiger partial charge in [0.2, 0.25) is 11.8 Å². The first-order valence-corrected chi connectivity index (χ1v) is 8.99. The Balaban J connectivity index is 2.57. The second-order valence-electron chi connectivity index (χ2n) is 6.77. The van der Waals surface area contributed by atoms with Gasteiger partial charge in [0, 0.05) is 19.5 Å². The van der Waals surface area contributed by atoms with Crippen LogP contribution in [0.1, 0.15) is 40.0 Å². The van der Waals surface area contributed by atoms with Crippen LogP contribution in [-0.2, 0) is 14.4 Å². The molecule has 1 rings (SSSR count). The van der Waals surface area contributed by atoms with E-state index in [4.69, 9.17) is 5.73 Å². The molecule has 2 atom stereocenters. The molecule has 0 bridgehead atoms. The SMILES string of the molecule is CCNN=NCC(=O)N[C@H](C(=O)N[C@]1(CCCNC(N)=O)CC1=O)C(C)C. The predicted molar refractivity (Wildman–Crippen MR) is 97.5 cm³/mol. The van der Waals surface area contributed by atoms with Crippen LogP contribution in [0.5, 0.6) is 0 Å². The molecule has 1 fully saturated rings. The Morgan fingerprint density at radius 1 is 1.30 bits per heavy atom. The van der Waals surface area contributed by atoms with Crippen LogP contribution in [0.3, 0.4) is 0 Å². The van der Waals surface area contributed by atoms with Crippen molar-refractivity contribution in [2.45, 2.75) is 51.6 Å². The summed E-state index contributed by atoms with van der Waals surface area (Å²) < 4.78 is 0. The van der Waals surface area contributed by atoms with Crippen molar-refractivity contribution in [3.8, 4) is 0 Å². The van der Waals surface area contributed by atoms with E-state index < -0.39 is 29.4 Å². The summed E-state index contributed by atoms with van der Waals surface area (Å²) in [6, 6.07) is -1.43. The van der Waals surface area contributed by atoms with E-state index in [9.17, 15) is 19.2 Å². The summed E-state index contributed by atoms with van der Waals surface area (Å²) in [4.78, 5) is 47.1. The van der Waals surface area contributed by atoms with E-state index in [0.717, 1.165) is 0 Å². The van der Waals surface area contributed by atoms with E-state index in [1.54, 1.807) is 13.8 Å². The molecule has 0 heterocycles. The molecule has 11 nitrogen and oxygen atoms in total. The van der Waals surface area contributed by atoms with Crippen molar-refractivity contribution in [3.05, 3.63) is 0 Å². The highest BCUT2D eigenvalue weighted by Crippen LogP contribution is 2.35. The minimum Gasteiger partial charge on any atom is -0.352 e. The number of amides is 4. The van der Waals surface area contributed by atoms with Gasteiger partial charge in [-0.3, -0.25) is 19.8 Å². The summed E-state index contributed by atoms with van der Waals surface area (Å²) in [6.07, 6.45) is 1.14. The molecule has 0 aromatic carbocycles. The van der Waals surface area contributed by atoms with Crippen molar-refractivity contribution >= 4 is 23.6 Å². The smallest absolute Gasteiger partial charge is 0.312 e. The summed E-state index contributed by atoms with van der Waals surface area (Å²) >= 11 is 0. The number of urea groups is 1. The highest BCUT2D eigenvalue weighted by Gasteiger charge is 2.54. The Hall–Kier alpha value is -2.72. The number of carbonyl (C=O) groups excluding carboxylic acids is 4. The lowest BCUT2D eigenvalue weighted by Crippen LogP contribution is -2.54. The minimum absolute atomic E-state index is 0.0665. The fourth-order valence-electron chi connectivity index (χ4n) is 2.52. The second kappa shape index (κ2) is 10.4. The molecule has 1 saturated carbocycles. The first kappa shape index (κ1) is 22.3. The van der Waals surface area contributed by atoms with Crippen LogP contribution in [-0.4, -0.2) is 54.8 Å². The Bertz CT molecular complexity index is 593. The molecular formula is C16H29N7O4. The van der Waals surface area contributed by atoms with Gasteiger partial charge in [-0.25, -0.2) is 4.79 Å². The third-order valence-corrected chi connectivity index (χ3v) is 4.09. The normalized spacial score (nSPS) is 19.6. The van der Waals surface area contributed by atoms with Gasteiger partial charge >= 0.3 is 6.03 Å². The molecule has 11 heteroatoms. The number of ketones is 1. The van der Waals surface area contributed by atoms with E-state index in [1.807, 2.05) is 6.92 Å². The predicted octanol–water partition coefficient (Wildman–Crippen LogP) is -0.620. The van der Waals surface area contributed by atoms with E-state index in [1.165, 1.54) is 0 Å². The van der Waals surface area contributed by atoms with Crippen LogP contribution in [0.15, 0.2) is 10.3 Å². The lowest BCUT2D eigenvalue weighted by atomic mass is 10.0. The van der Waals surface area contributed by atoms with Crippen molar-refractivity contribution in [2.75, 3.05) is 19.6 Å². The second-order valence-corrected chi connectivity index (χ2v) is 6.77. The number of primary amides is 1. The van der Waals surface area contributed by atoms with Crippen LogP contribution < -0.4 is 27.1 Å². The van der Waals surface area contributed by atoms with Gasteiger partial charge in [-0.1, -0.05) is 19.1 Å². The first-order chi connectivity index (χ1) is 12.7. The van der Waals surface area contributed by atoms with Gasteiger partial charge in [-0.2, -0.15) is 5.11 Å². The summed E-state index contributed by atoms with van der Waals surface area (Å²) in [7, 11) is 0. The van der Waals surface area contributed by atoms with E-state index in [2.05, 4.69) is 31.7 Å². The average molecular weight is 383 g/mol. The average Bonchev–Trinajstić information content (AvgIpc) is 3.22. The molecule has 0 aromatic rings. The molecule has 4 amide bonds. The number of rotatable bonds is 12. The number of nitrogens with two attached hydrogens (primary N) is 1. The maximum Gasteiger partial charge on any atom is 0.312 e. The topological polar surface area (TPSA) is 167 Å². The van der Waals surface area contributed by atoms with E-state index >= 15 is 0 Å². The third kappa shape index (κ3) is 7.59. The van der Waals surface area contributed by atoms with Gasteiger partial charge in [0.1, 0.15) is 18.1 Å². The molecule has 0 radical (unpaired) electrons. The van der Waals surface area contributed by atoms with Gasteiger partial charge in [-0.05, 0) is 25.7 Å². The molecule has 6 N–H and O–H groups in total. The molecule has 0 spiro atoms. The van der Waals surface area contributed by atoms with Gasteiger partial charge in [0.05, 0.1) is 0 Å². The number of nitrogens with one attached hydrogen (secondary N) is 4. The summed E-state index contributed by atoms with van der Waals surface area (Å²) in [5.74, 6) is -1.10. The molecule has 27 heavy (non-hydrogen) atoms. The maximum atomic E-state index is 12.6. The Morgan fingerprint density at radius 3 is 2.48 bits per heavy atom. The molecule has 1 aliphatic rings. The Kier molecular flexibility index (Phi) is 8.63. The fourth-order valence-corrected chi connectivity index (χ4v) is 2.52. The van der Waals surface area contributed by atoms with Gasteiger partial charge in [0.25, 0.3) is 0 Å². The monoisotopic (exact) mass is 383 g/mol. The summed E-state index contributed by atoms with van der Waals surface area (Å²) in [5, 5.41) is 15.1. The lowest BCUT2D eigenvalue weighted by Gasteiger charge is -2.24. The lowest BCUT2D eigenvalue weighted by molar-refractivity contribution is -0.130. The summed E-state index contributed by atoms with van der Waals surface area (Å²) in [5.41, 5.74) is 6.68. The number of hydrogen-bond acceptors (Lipinski definition) is 6. The maximum absolute atomic E-state index is 12.6. The molecule has 0 saturated heterocycles. The van der Waals surface area contributed by atoms with Crippen molar-refractivity contribution in [1.29, 1.82) is 0 Å². The van der Waals surface area contributed by atoms with Crippen molar-refractivity contribution in [3.63, 3.8) is 0 Å². The zero-order valence-corrected chi connectivity index (χ0v) is 16.0. The quantitative estimate of drug-likeness (QED) is 0.172. The van der Waals surface area contributed by atoms with Crippen LogP contribution in [0.4, 0.5) is 4.79 Å². The molecule has 0 aliphatic heterocycles. The molecular weight excluding hydrogens is 354 g/mol. The molecule has 152 valence electrons. The Morgan fingerprint density at radius 2 is 1.96 bits per heavy atom. The van der Waals surface area contributed by atoms with Crippen LogP contribution >= 0.6 is 0 Å². The van der Waals surface area contributed by atoms with E-state index in [0.29, 0.717) is 25.9 Å². The van der Waals surface area contributed by atoms with Crippen molar-refractivity contribution in [2.24, 2.45) is 22.0 Å². The number of Topliss-reactive ketones (excluding diaryl/α,β-unsaturated/α-hetero) is 1. The van der Waals surface area contributed by atoms with Crippen LogP contribution in [0.25, 0.3) is 0 Å². The largest absolute Gasteiger partial charge is 0.352 e. The number of nitrogens with zero attached hydrogens (tertiary/aromatic N) is 2. The van der Waals surface area contributed by atoms with Gasteiger partial charge in [-0.15, -0.1) is 0 Å². The highest BCUT2D eigenvalue weighted by atomic mass is 16.2. The highest BCUT2D eigenvalue weighted by molar-refractivity contribution is 6.08. The summed E-state index contributed by atoms with van der Waals surface area (Å²) in [6.45, 7) is 6.14. The number of carbonyl (C=O) groups is 4. The van der Waals surface area contributed by atoms with Crippen molar-refractivity contribution < 1.29 is 19.2 Å². The van der Waals surface area contributed by atoms with Gasteiger partial charge in [0.15, 0.2) is 5.78 Å². The first-order valence-electron chi connectivity index (χ1n) is 8.99. The molecule has 1 aliphatic carbocycles. The number of hydrogen-bond donors (Lipinski definition) is 5. The van der Waals surface area contributed by atoms with Crippen molar-refractivity contribution in [1.82, 2.24) is 21.4 Å². The molecule has 0 unspecified atom stereocenters.